The average Bonchev–Trinajstić information content (AvgIpc) is 3.60. The van der Waals surface area contributed by atoms with Crippen LogP contribution in [0.4, 0.5) is 17.1 Å². The summed E-state index contributed by atoms with van der Waals surface area (Å²) in [6.07, 6.45) is 0. The van der Waals surface area contributed by atoms with E-state index in [-0.39, 0.29) is 0 Å². The highest BCUT2D eigenvalue weighted by Crippen LogP contribution is 2.45. The van der Waals surface area contributed by atoms with E-state index in [9.17, 15) is 0 Å². The first-order valence-electron chi connectivity index (χ1n) is 19.4. The number of rotatable bonds is 8. The molecule has 0 unspecified atom stereocenters. The summed E-state index contributed by atoms with van der Waals surface area (Å²) < 4.78 is 0. The van der Waals surface area contributed by atoms with Gasteiger partial charge in [-0.3, -0.25) is 0 Å². The lowest BCUT2D eigenvalue weighted by atomic mass is 9.93. The lowest BCUT2D eigenvalue weighted by Crippen LogP contribution is -2.72. The zero-order valence-electron chi connectivity index (χ0n) is 31.0. The predicted molar refractivity (Wildman–Crippen MR) is 240 cm³/mol. The van der Waals surface area contributed by atoms with Gasteiger partial charge in [0.15, 0.2) is 8.07 Å². The zero-order valence-corrected chi connectivity index (χ0v) is 32.0. The van der Waals surface area contributed by atoms with Gasteiger partial charge in [-0.1, -0.05) is 206 Å². The summed E-state index contributed by atoms with van der Waals surface area (Å²) in [6.45, 7) is 0. The van der Waals surface area contributed by atoms with Crippen LogP contribution < -0.4 is 25.6 Å². The third-order valence-electron chi connectivity index (χ3n) is 11.4. The van der Waals surface area contributed by atoms with E-state index in [2.05, 4.69) is 241 Å². The highest BCUT2D eigenvalue weighted by molar-refractivity contribution is 7.22. The van der Waals surface area contributed by atoms with E-state index >= 15 is 0 Å². The lowest BCUT2D eigenvalue weighted by molar-refractivity contribution is 1.28. The minimum absolute atomic E-state index is 1.11. The van der Waals surface area contributed by atoms with Gasteiger partial charge < -0.3 is 4.90 Å². The SMILES string of the molecule is c1ccc(-c2ccc(N(c3ccc(-c4ccccc4)cc3)c3ccccc3-c3cccc4c3-c3ccccc3[Si]4(c3ccccc3)c3ccccc3)cc2)cc1. The molecule has 0 fully saturated rings. The van der Waals surface area contributed by atoms with Crippen LogP contribution in [0.25, 0.3) is 44.5 Å². The lowest BCUT2D eigenvalue weighted by Gasteiger charge is -2.31. The van der Waals surface area contributed by atoms with Crippen molar-refractivity contribution >= 4 is 45.9 Å². The van der Waals surface area contributed by atoms with Crippen LogP contribution in [-0.4, -0.2) is 8.07 Å². The van der Waals surface area contributed by atoms with Crippen LogP contribution in [0.5, 0.6) is 0 Å². The molecule has 10 rings (SSSR count). The molecule has 1 heterocycles. The van der Waals surface area contributed by atoms with Crippen LogP contribution in [0.2, 0.25) is 0 Å². The summed E-state index contributed by atoms with van der Waals surface area (Å²) >= 11 is 0. The highest BCUT2D eigenvalue weighted by atomic mass is 28.3. The molecule has 0 radical (unpaired) electrons. The van der Waals surface area contributed by atoms with Gasteiger partial charge in [0.05, 0.1) is 5.69 Å². The third kappa shape index (κ3) is 5.62. The minimum atomic E-state index is -2.65. The molecule has 0 saturated heterocycles. The number of hydrogen-bond acceptors (Lipinski definition) is 1. The predicted octanol–water partition coefficient (Wildman–Crippen LogP) is 11.5. The van der Waals surface area contributed by atoms with E-state index in [0.29, 0.717) is 0 Å². The van der Waals surface area contributed by atoms with E-state index in [1.165, 1.54) is 65.3 Å². The normalized spacial score (nSPS) is 12.4. The van der Waals surface area contributed by atoms with Gasteiger partial charge in [0.1, 0.15) is 0 Å². The van der Waals surface area contributed by atoms with E-state index < -0.39 is 8.07 Å². The fourth-order valence-corrected chi connectivity index (χ4v) is 14.1. The molecule has 1 aliphatic heterocycles. The summed E-state index contributed by atoms with van der Waals surface area (Å²) in [6, 6.07) is 86.9. The molecule has 264 valence electrons. The molecule has 0 amide bonds. The monoisotopic (exact) mass is 729 g/mol. The van der Waals surface area contributed by atoms with E-state index in [0.717, 1.165) is 17.1 Å². The first-order chi connectivity index (χ1) is 27.8. The van der Waals surface area contributed by atoms with Gasteiger partial charge >= 0.3 is 0 Å². The van der Waals surface area contributed by atoms with Gasteiger partial charge in [-0.2, -0.15) is 0 Å². The van der Waals surface area contributed by atoms with Crippen molar-refractivity contribution in [1.82, 2.24) is 0 Å². The number of fused-ring (bicyclic) bond motifs is 3. The molecule has 0 spiro atoms. The fourth-order valence-electron chi connectivity index (χ4n) is 8.91. The fraction of sp³-hybridized carbons (Fsp3) is 0. The Morgan fingerprint density at radius 1 is 0.268 bits per heavy atom. The molecule has 9 aromatic rings. The van der Waals surface area contributed by atoms with Crippen LogP contribution in [0.15, 0.2) is 237 Å². The van der Waals surface area contributed by atoms with Gasteiger partial charge in [-0.25, -0.2) is 0 Å². The Labute approximate surface area is 330 Å². The molecule has 0 aliphatic carbocycles. The van der Waals surface area contributed by atoms with Gasteiger partial charge in [-0.15, -0.1) is 0 Å². The Hall–Kier alpha value is -7.00. The Balaban J connectivity index is 1.19. The van der Waals surface area contributed by atoms with Gasteiger partial charge in [0, 0.05) is 16.9 Å². The second kappa shape index (κ2) is 14.3. The second-order valence-electron chi connectivity index (χ2n) is 14.4. The third-order valence-corrected chi connectivity index (χ3v) is 16.3. The van der Waals surface area contributed by atoms with E-state index in [1.54, 1.807) is 0 Å². The molecule has 0 saturated carbocycles. The molecule has 0 atom stereocenters. The van der Waals surface area contributed by atoms with Gasteiger partial charge in [0.25, 0.3) is 0 Å². The number of hydrogen-bond donors (Lipinski definition) is 0. The number of nitrogens with zero attached hydrogens (tertiary/aromatic N) is 1. The number of anilines is 3. The van der Waals surface area contributed by atoms with Crippen molar-refractivity contribution in [2.45, 2.75) is 0 Å². The molecule has 1 nitrogen and oxygen atoms in total. The quantitative estimate of drug-likeness (QED) is 0.141. The molecule has 2 heteroatoms. The Morgan fingerprint density at radius 2 is 0.661 bits per heavy atom. The summed E-state index contributed by atoms with van der Waals surface area (Å²) in [5.41, 5.74) is 13.3. The maximum absolute atomic E-state index is 2.65. The maximum Gasteiger partial charge on any atom is 0.180 e. The first kappa shape index (κ1) is 33.6. The Kier molecular flexibility index (Phi) is 8.59. The molecule has 0 bridgehead atoms. The van der Waals surface area contributed by atoms with E-state index in [1.807, 2.05) is 0 Å². The van der Waals surface area contributed by atoms with Crippen LogP contribution >= 0.6 is 0 Å². The van der Waals surface area contributed by atoms with Gasteiger partial charge in [0.2, 0.25) is 0 Å². The molecule has 9 aromatic carbocycles. The van der Waals surface area contributed by atoms with Crippen molar-refractivity contribution in [3.63, 3.8) is 0 Å². The van der Waals surface area contributed by atoms with E-state index in [4.69, 9.17) is 0 Å². The average molecular weight is 730 g/mol. The summed E-state index contributed by atoms with van der Waals surface area (Å²) in [5, 5.41) is 5.69. The zero-order chi connectivity index (χ0) is 37.3. The maximum atomic E-state index is 2.43. The van der Waals surface area contributed by atoms with Crippen LogP contribution in [0, 0.1) is 0 Å². The number of para-hydroxylation sites is 1. The summed E-state index contributed by atoms with van der Waals surface area (Å²) in [7, 11) is -2.65. The minimum Gasteiger partial charge on any atom is -0.310 e. The molecule has 0 aromatic heterocycles. The summed E-state index contributed by atoms with van der Waals surface area (Å²) in [4.78, 5) is 2.43. The largest absolute Gasteiger partial charge is 0.310 e. The van der Waals surface area contributed by atoms with Crippen LogP contribution in [0.3, 0.4) is 0 Å². The highest BCUT2D eigenvalue weighted by Gasteiger charge is 2.49. The molecule has 0 N–H and O–H groups in total. The molecule has 56 heavy (non-hydrogen) atoms. The Morgan fingerprint density at radius 3 is 1.20 bits per heavy atom. The molecular formula is C54H39NSi. The van der Waals surface area contributed by atoms with Crippen molar-refractivity contribution in [2.75, 3.05) is 4.90 Å². The van der Waals surface area contributed by atoms with Gasteiger partial charge in [-0.05, 0) is 90.0 Å². The summed E-state index contributed by atoms with van der Waals surface area (Å²) in [5.74, 6) is 0. The van der Waals surface area contributed by atoms with Crippen molar-refractivity contribution in [1.29, 1.82) is 0 Å². The smallest absolute Gasteiger partial charge is 0.180 e. The van der Waals surface area contributed by atoms with Crippen molar-refractivity contribution in [3.8, 4) is 44.5 Å². The number of benzene rings is 9. The molecular weight excluding hydrogens is 691 g/mol. The second-order valence-corrected chi connectivity index (χ2v) is 18.2. The first-order valence-corrected chi connectivity index (χ1v) is 21.4. The van der Waals surface area contributed by atoms with Crippen LogP contribution in [0.1, 0.15) is 0 Å². The standard InChI is InChI=1S/C54H39NSi/c1-5-18-40(19-6-1)42-32-36-44(37-33-42)55(45-38-34-43(35-39-45)41-20-7-2-8-21-41)51-29-15-13-26-48(51)49-28-17-31-53-54(49)50-27-14-16-30-52(50)56(53,46-22-9-3-10-23-46)47-24-11-4-12-25-47/h1-39H. The topological polar surface area (TPSA) is 3.24 Å². The Bertz CT molecular complexity index is 2640. The molecule has 1 aliphatic rings. The van der Waals surface area contributed by atoms with Crippen molar-refractivity contribution in [3.05, 3.63) is 237 Å². The van der Waals surface area contributed by atoms with Crippen LogP contribution in [-0.2, 0) is 0 Å². The van der Waals surface area contributed by atoms with Crippen molar-refractivity contribution < 1.29 is 0 Å². The van der Waals surface area contributed by atoms with Crippen molar-refractivity contribution in [2.24, 2.45) is 0 Å².